The van der Waals surface area contributed by atoms with Gasteiger partial charge in [0.15, 0.2) is 11.4 Å². The van der Waals surface area contributed by atoms with Gasteiger partial charge in [-0.1, -0.05) is 18.2 Å². The van der Waals surface area contributed by atoms with Gasteiger partial charge in [0.05, 0.1) is 7.11 Å². The van der Waals surface area contributed by atoms with Crippen LogP contribution in [0.25, 0.3) is 0 Å². The zero-order valence-electron chi connectivity index (χ0n) is 13.5. The number of nitrogens with zero attached hydrogens (tertiary/aromatic N) is 1. The van der Waals surface area contributed by atoms with Crippen molar-refractivity contribution in [1.82, 2.24) is 5.06 Å². The summed E-state index contributed by atoms with van der Waals surface area (Å²) in [6.07, 6.45) is 0. The third-order valence-corrected chi connectivity index (χ3v) is 4.07. The van der Waals surface area contributed by atoms with Crippen LogP contribution in [-0.2, 0) is 10.5 Å². The van der Waals surface area contributed by atoms with Crippen molar-refractivity contribution in [2.24, 2.45) is 5.73 Å². The molecule has 2 aromatic rings. The van der Waals surface area contributed by atoms with Crippen molar-refractivity contribution >= 4 is 11.7 Å². The molecule has 6 nitrogen and oxygen atoms in total. The summed E-state index contributed by atoms with van der Waals surface area (Å²) < 4.78 is 5.75. The topological polar surface area (TPSA) is 81.9 Å². The molecule has 1 amide bonds. The largest absolute Gasteiger partial charge is 0.489 e. The molecule has 24 heavy (non-hydrogen) atoms. The second-order valence-electron chi connectivity index (χ2n) is 5.62. The molecule has 0 aromatic heterocycles. The van der Waals surface area contributed by atoms with Gasteiger partial charge in [0.1, 0.15) is 12.4 Å². The summed E-state index contributed by atoms with van der Waals surface area (Å²) in [5, 5.41) is 1.13. The van der Waals surface area contributed by atoms with Crippen molar-refractivity contribution in [1.29, 1.82) is 0 Å². The molecule has 0 saturated carbocycles. The maximum atomic E-state index is 12.4. The van der Waals surface area contributed by atoms with Gasteiger partial charge in [-0.3, -0.25) is 20.2 Å². The van der Waals surface area contributed by atoms with Crippen molar-refractivity contribution in [3.63, 3.8) is 0 Å². The highest BCUT2D eigenvalue weighted by atomic mass is 16.7. The van der Waals surface area contributed by atoms with E-state index in [0.29, 0.717) is 22.4 Å². The monoisotopic (exact) mass is 326 g/mol. The molecule has 1 atom stereocenters. The standard InChI is InChI=1S/C18H18N2O4/c1-12(21)13-7-9-14(10-8-13)24-11-18(19)16-6-4-3-5-15(16)17(22)20(18)23-2/h3-10H,11,19H2,1-2H3. The van der Waals surface area contributed by atoms with Gasteiger partial charge in [0.25, 0.3) is 5.91 Å². The number of hydroxylamine groups is 2. The number of carbonyl (C=O) groups is 2. The van der Waals surface area contributed by atoms with Crippen LogP contribution in [0.2, 0.25) is 0 Å². The lowest BCUT2D eigenvalue weighted by Crippen LogP contribution is -2.54. The SMILES string of the molecule is CON1C(=O)c2ccccc2C1(N)COc1ccc(C(C)=O)cc1. The highest BCUT2D eigenvalue weighted by molar-refractivity contribution is 5.99. The van der Waals surface area contributed by atoms with Crippen LogP contribution in [0.5, 0.6) is 5.75 Å². The van der Waals surface area contributed by atoms with Gasteiger partial charge in [0, 0.05) is 16.7 Å². The minimum absolute atomic E-state index is 0.0160. The molecule has 1 aliphatic heterocycles. The first-order chi connectivity index (χ1) is 11.5. The van der Waals surface area contributed by atoms with Crippen molar-refractivity contribution in [2.75, 3.05) is 13.7 Å². The summed E-state index contributed by atoms with van der Waals surface area (Å²) in [5.41, 5.74) is 6.97. The van der Waals surface area contributed by atoms with E-state index in [1.807, 2.05) is 6.07 Å². The Morgan fingerprint density at radius 3 is 2.46 bits per heavy atom. The van der Waals surface area contributed by atoms with E-state index in [2.05, 4.69) is 0 Å². The fourth-order valence-electron chi connectivity index (χ4n) is 2.81. The van der Waals surface area contributed by atoms with E-state index < -0.39 is 5.66 Å². The summed E-state index contributed by atoms with van der Waals surface area (Å²) in [4.78, 5) is 28.9. The zero-order valence-corrected chi connectivity index (χ0v) is 13.5. The number of carbonyl (C=O) groups excluding carboxylic acids is 2. The third-order valence-electron chi connectivity index (χ3n) is 4.07. The van der Waals surface area contributed by atoms with Gasteiger partial charge >= 0.3 is 0 Å². The molecule has 6 heteroatoms. The fourth-order valence-corrected chi connectivity index (χ4v) is 2.81. The maximum absolute atomic E-state index is 12.4. The van der Waals surface area contributed by atoms with Crippen molar-refractivity contribution in [3.05, 3.63) is 65.2 Å². The van der Waals surface area contributed by atoms with Crippen molar-refractivity contribution in [3.8, 4) is 5.75 Å². The van der Waals surface area contributed by atoms with E-state index in [4.69, 9.17) is 15.3 Å². The molecular weight excluding hydrogens is 308 g/mol. The van der Waals surface area contributed by atoms with Crippen LogP contribution < -0.4 is 10.5 Å². The number of benzene rings is 2. The molecule has 1 aliphatic rings. The van der Waals surface area contributed by atoms with E-state index in [0.717, 1.165) is 5.06 Å². The normalized spacial score (nSPS) is 19.3. The second-order valence-corrected chi connectivity index (χ2v) is 5.62. The summed E-state index contributed by atoms with van der Waals surface area (Å²) in [6.45, 7) is 1.52. The average Bonchev–Trinajstić information content (AvgIpc) is 2.81. The Kier molecular flexibility index (Phi) is 4.09. The number of hydrogen-bond acceptors (Lipinski definition) is 5. The Hall–Kier alpha value is -2.70. The Morgan fingerprint density at radius 1 is 1.17 bits per heavy atom. The highest BCUT2D eigenvalue weighted by Gasteiger charge is 2.48. The first-order valence-corrected chi connectivity index (χ1v) is 7.48. The van der Waals surface area contributed by atoms with Crippen LogP contribution >= 0.6 is 0 Å². The number of amides is 1. The lowest BCUT2D eigenvalue weighted by molar-refractivity contribution is -0.167. The van der Waals surface area contributed by atoms with E-state index >= 15 is 0 Å². The quantitative estimate of drug-likeness (QED) is 0.851. The minimum Gasteiger partial charge on any atom is -0.489 e. The van der Waals surface area contributed by atoms with Gasteiger partial charge in [-0.25, -0.2) is 0 Å². The molecule has 2 N–H and O–H groups in total. The molecule has 1 heterocycles. The van der Waals surface area contributed by atoms with Crippen LogP contribution in [0.4, 0.5) is 0 Å². The van der Waals surface area contributed by atoms with Crippen molar-refractivity contribution < 1.29 is 19.2 Å². The van der Waals surface area contributed by atoms with E-state index in [1.54, 1.807) is 42.5 Å². The molecule has 0 saturated heterocycles. The van der Waals surface area contributed by atoms with E-state index in [-0.39, 0.29) is 18.3 Å². The molecule has 0 bridgehead atoms. The lowest BCUT2D eigenvalue weighted by atomic mass is 10.0. The lowest BCUT2D eigenvalue weighted by Gasteiger charge is -2.32. The van der Waals surface area contributed by atoms with E-state index in [9.17, 15) is 9.59 Å². The number of fused-ring (bicyclic) bond motifs is 1. The molecule has 1 unspecified atom stereocenters. The van der Waals surface area contributed by atoms with Crippen molar-refractivity contribution in [2.45, 2.75) is 12.6 Å². The van der Waals surface area contributed by atoms with Crippen LogP contribution in [0.1, 0.15) is 33.2 Å². The first kappa shape index (κ1) is 16.2. The number of nitrogens with two attached hydrogens (primary N) is 1. The van der Waals surface area contributed by atoms with Gasteiger partial charge < -0.3 is 4.74 Å². The Balaban J connectivity index is 1.85. The van der Waals surface area contributed by atoms with Crippen LogP contribution in [-0.4, -0.2) is 30.5 Å². The molecule has 0 radical (unpaired) electrons. The zero-order chi connectivity index (χ0) is 17.3. The van der Waals surface area contributed by atoms with Gasteiger partial charge in [0.2, 0.25) is 0 Å². The molecule has 2 aromatic carbocycles. The highest BCUT2D eigenvalue weighted by Crippen LogP contribution is 2.35. The summed E-state index contributed by atoms with van der Waals surface area (Å²) in [7, 11) is 1.40. The van der Waals surface area contributed by atoms with E-state index in [1.165, 1.54) is 14.0 Å². The van der Waals surface area contributed by atoms with Gasteiger partial charge in [-0.2, -0.15) is 5.06 Å². The number of ether oxygens (including phenoxy) is 1. The maximum Gasteiger partial charge on any atom is 0.280 e. The number of hydrogen-bond donors (Lipinski definition) is 1. The van der Waals surface area contributed by atoms with Crippen LogP contribution in [0, 0.1) is 0 Å². The Morgan fingerprint density at radius 2 is 1.83 bits per heavy atom. The average molecular weight is 326 g/mol. The third kappa shape index (κ3) is 2.55. The molecule has 0 spiro atoms. The predicted molar refractivity (Wildman–Crippen MR) is 87.4 cm³/mol. The first-order valence-electron chi connectivity index (χ1n) is 7.48. The summed E-state index contributed by atoms with van der Waals surface area (Å²) in [5.74, 6) is 0.238. The Bertz CT molecular complexity index is 788. The fraction of sp³-hybridized carbons (Fsp3) is 0.222. The Labute approximate surface area is 139 Å². The van der Waals surface area contributed by atoms with Crippen LogP contribution in [0.15, 0.2) is 48.5 Å². The second kappa shape index (κ2) is 6.07. The molecule has 124 valence electrons. The molecule has 3 rings (SSSR count). The predicted octanol–water partition coefficient (Wildman–Crippen LogP) is 2.10. The molecule has 0 fully saturated rings. The summed E-state index contributed by atoms with van der Waals surface area (Å²) in [6, 6.07) is 13.8. The van der Waals surface area contributed by atoms with Gasteiger partial charge in [-0.05, 0) is 37.3 Å². The minimum atomic E-state index is -1.22. The smallest absolute Gasteiger partial charge is 0.280 e. The number of ketones is 1. The molecular formula is C18H18N2O4. The number of Topliss-reactive ketones (excluding diaryl/α,β-unsaturated/α-hetero) is 1. The molecule has 0 aliphatic carbocycles. The van der Waals surface area contributed by atoms with Crippen LogP contribution in [0.3, 0.4) is 0 Å². The van der Waals surface area contributed by atoms with Gasteiger partial charge in [-0.15, -0.1) is 0 Å². The number of rotatable bonds is 5. The summed E-state index contributed by atoms with van der Waals surface area (Å²) >= 11 is 0.